The molecule has 0 radical (unpaired) electrons. The van der Waals surface area contributed by atoms with Gasteiger partial charge in [0, 0.05) is 0 Å². The molecule has 0 bridgehead atoms. The number of nitrogens with two attached hydrogens (primary N) is 1. The van der Waals surface area contributed by atoms with E-state index >= 15 is 0 Å². The van der Waals surface area contributed by atoms with Crippen molar-refractivity contribution in [3.63, 3.8) is 0 Å². The van der Waals surface area contributed by atoms with Gasteiger partial charge < -0.3 is 17.5 Å². The number of hydrogen-bond acceptors (Lipinski definition) is 2. The Kier molecular flexibility index (Phi) is 4.12. The summed E-state index contributed by atoms with van der Waals surface area (Å²) in [4.78, 5) is 0. The van der Waals surface area contributed by atoms with Crippen molar-refractivity contribution < 1.29 is 0 Å². The fourth-order valence-corrected chi connectivity index (χ4v) is 0.459. The summed E-state index contributed by atoms with van der Waals surface area (Å²) >= 11 is 8.67. The number of rotatable bonds is 0. The van der Waals surface area contributed by atoms with Gasteiger partial charge in [-0.05, 0) is 21.1 Å². The van der Waals surface area contributed by atoms with Crippen LogP contribution in [0.3, 0.4) is 0 Å². The molecule has 0 spiro atoms. The van der Waals surface area contributed by atoms with Crippen LogP contribution in [0, 0.1) is 0 Å². The normalized spacial score (nSPS) is 7.67. The minimum Gasteiger partial charge on any atom is -0.698 e. The molecule has 0 heterocycles. The maximum atomic E-state index is 5.03. The third-order valence-corrected chi connectivity index (χ3v) is 1.36. The first-order valence-electron chi connectivity index (χ1n) is 1.11. The zero-order valence-electron chi connectivity index (χ0n) is 2.80. The van der Waals surface area contributed by atoms with Crippen molar-refractivity contribution in [3.8, 4) is 0 Å². The molecule has 0 aliphatic rings. The standard InChI is InChI=1S/CH3N2S3/c2-1(3-4)6-5/h3H,2H2/q-1. The minimum absolute atomic E-state index is 0.389. The lowest BCUT2D eigenvalue weighted by Gasteiger charge is -2.00. The molecule has 0 rings (SSSR count). The van der Waals surface area contributed by atoms with Crippen LogP contribution in [0.2, 0.25) is 0 Å². The van der Waals surface area contributed by atoms with Crippen LogP contribution in [-0.2, 0) is 33.9 Å². The Morgan fingerprint density at radius 3 is 2.50 bits per heavy atom. The molecule has 0 saturated heterocycles. The summed E-state index contributed by atoms with van der Waals surface area (Å²) in [5.41, 5.74) is 5.03. The summed E-state index contributed by atoms with van der Waals surface area (Å²) in [5.74, 6) is 0. The number of nitrogens with one attached hydrogen (secondary N) is 1. The average Bonchev–Trinajstić information content (AvgIpc) is 1.65. The van der Waals surface area contributed by atoms with E-state index < -0.39 is 0 Å². The van der Waals surface area contributed by atoms with Crippen LogP contribution >= 0.6 is 0 Å². The van der Waals surface area contributed by atoms with E-state index in [9.17, 15) is 0 Å². The van der Waals surface area contributed by atoms with Gasteiger partial charge in [-0.15, -0.1) is 0 Å². The van der Waals surface area contributed by atoms with Crippen molar-refractivity contribution >= 4 is 39.0 Å². The van der Waals surface area contributed by atoms with E-state index in [-0.39, 0.29) is 0 Å². The molecule has 5 heteroatoms. The van der Waals surface area contributed by atoms with E-state index in [1.165, 1.54) is 0 Å². The van der Waals surface area contributed by atoms with Crippen LogP contribution in [0.4, 0.5) is 0 Å². The molecule has 0 amide bonds. The molecule has 0 saturated carbocycles. The summed E-state index contributed by atoms with van der Waals surface area (Å²) in [6, 6.07) is 0. The SMILES string of the molecule is NC(N[S-])=S=S. The summed E-state index contributed by atoms with van der Waals surface area (Å²) in [6.07, 6.45) is 0. The van der Waals surface area contributed by atoms with Gasteiger partial charge in [0.15, 0.2) is 0 Å². The highest BCUT2D eigenvalue weighted by molar-refractivity contribution is 8.17. The maximum absolute atomic E-state index is 5.03. The predicted octanol–water partition coefficient (Wildman–Crippen LogP) is -1.37. The molecule has 6 heavy (non-hydrogen) atoms. The highest BCUT2D eigenvalue weighted by atomic mass is 32.8. The van der Waals surface area contributed by atoms with Gasteiger partial charge in [-0.1, -0.05) is 0 Å². The van der Waals surface area contributed by atoms with Crippen LogP contribution in [-0.4, -0.2) is 5.11 Å². The second-order valence-electron chi connectivity index (χ2n) is 0.550. The Morgan fingerprint density at radius 2 is 2.50 bits per heavy atom. The Balaban J connectivity index is 3.52. The van der Waals surface area contributed by atoms with Crippen LogP contribution in [0.1, 0.15) is 0 Å². The van der Waals surface area contributed by atoms with Crippen LogP contribution < -0.4 is 10.5 Å². The van der Waals surface area contributed by atoms with E-state index in [2.05, 4.69) is 28.7 Å². The van der Waals surface area contributed by atoms with Crippen molar-refractivity contribution in [1.82, 2.24) is 4.72 Å². The van der Waals surface area contributed by atoms with Crippen molar-refractivity contribution in [2.24, 2.45) is 5.73 Å². The Labute approximate surface area is 49.9 Å². The molecule has 0 atom stereocenters. The van der Waals surface area contributed by atoms with Crippen molar-refractivity contribution in [3.05, 3.63) is 0 Å². The monoisotopic (exact) mass is 139 g/mol. The van der Waals surface area contributed by atoms with Crippen LogP contribution in [0.15, 0.2) is 0 Å². The van der Waals surface area contributed by atoms with Crippen LogP contribution in [0.5, 0.6) is 0 Å². The van der Waals surface area contributed by atoms with E-state index in [4.69, 9.17) is 5.73 Å². The highest BCUT2D eigenvalue weighted by Gasteiger charge is 1.62. The molecule has 36 valence electrons. The molecule has 0 aliphatic heterocycles. The zero-order chi connectivity index (χ0) is 4.99. The molecule has 0 aromatic rings. The lowest BCUT2D eigenvalue weighted by molar-refractivity contribution is 1.52. The second kappa shape index (κ2) is 3.76. The molecule has 0 aromatic heterocycles. The van der Waals surface area contributed by atoms with Gasteiger partial charge >= 0.3 is 0 Å². The van der Waals surface area contributed by atoms with Gasteiger partial charge in [0.05, 0.1) is 5.11 Å². The van der Waals surface area contributed by atoms with Gasteiger partial charge in [0.1, 0.15) is 0 Å². The molecular formula is CH3N2S3-. The lowest BCUT2D eigenvalue weighted by atomic mass is 11.3. The topological polar surface area (TPSA) is 38.0 Å². The lowest BCUT2D eigenvalue weighted by Crippen LogP contribution is -2.25. The van der Waals surface area contributed by atoms with Gasteiger partial charge in [-0.3, -0.25) is 5.73 Å². The van der Waals surface area contributed by atoms with Crippen molar-refractivity contribution in [1.29, 1.82) is 0 Å². The Bertz CT molecular complexity index is 82.8. The highest BCUT2D eigenvalue weighted by Crippen LogP contribution is 1.37. The molecule has 0 aromatic carbocycles. The zero-order valence-corrected chi connectivity index (χ0v) is 5.25. The summed E-state index contributed by atoms with van der Waals surface area (Å²) in [6.45, 7) is 0. The minimum atomic E-state index is 0.389. The maximum Gasteiger partial charge on any atom is 0.0989 e. The van der Waals surface area contributed by atoms with E-state index in [0.29, 0.717) is 5.11 Å². The summed E-state index contributed by atoms with van der Waals surface area (Å²) < 4.78 is 2.25. The first kappa shape index (κ1) is 6.58. The van der Waals surface area contributed by atoms with E-state index in [1.807, 2.05) is 0 Å². The smallest absolute Gasteiger partial charge is 0.0989 e. The Hall–Kier alpha value is 0.580. The van der Waals surface area contributed by atoms with Crippen LogP contribution in [0.25, 0.3) is 0 Å². The van der Waals surface area contributed by atoms with Crippen molar-refractivity contribution in [2.45, 2.75) is 0 Å². The first-order chi connectivity index (χ1) is 2.81. The van der Waals surface area contributed by atoms with Gasteiger partial charge in [0.25, 0.3) is 0 Å². The third-order valence-electron chi connectivity index (χ3n) is 0.190. The average molecular weight is 139 g/mol. The fraction of sp³-hybridized carbons (Fsp3) is 0. The fourth-order valence-electron chi connectivity index (χ4n) is 0.0170. The molecule has 0 aliphatic carbocycles. The second-order valence-corrected chi connectivity index (χ2v) is 1.86. The van der Waals surface area contributed by atoms with Gasteiger partial charge in [-0.25, -0.2) is 0 Å². The molecule has 3 N–H and O–H groups in total. The predicted molar refractivity (Wildman–Crippen MR) is 34.4 cm³/mol. The van der Waals surface area contributed by atoms with E-state index in [1.54, 1.807) is 0 Å². The van der Waals surface area contributed by atoms with E-state index in [0.717, 1.165) is 9.91 Å². The molecule has 2 nitrogen and oxygen atoms in total. The quantitative estimate of drug-likeness (QED) is 0.321. The summed E-state index contributed by atoms with van der Waals surface area (Å²) in [5, 5.41) is 0.389. The van der Waals surface area contributed by atoms with Gasteiger partial charge in [0.2, 0.25) is 0 Å². The molecule has 0 fully saturated rings. The molecular weight excluding hydrogens is 136 g/mol. The van der Waals surface area contributed by atoms with Gasteiger partial charge in [-0.2, -0.15) is 0 Å². The molecule has 0 unspecified atom stereocenters. The number of hydrogen-bond donors (Lipinski definition) is 2. The third kappa shape index (κ3) is 2.80. The first-order valence-corrected chi connectivity index (χ1v) is 3.26. The Morgan fingerprint density at radius 1 is 2.00 bits per heavy atom. The van der Waals surface area contributed by atoms with Crippen molar-refractivity contribution in [2.75, 3.05) is 0 Å². The summed E-state index contributed by atoms with van der Waals surface area (Å²) in [7, 11) is 0.987. The largest absolute Gasteiger partial charge is 0.698 e.